The van der Waals surface area contributed by atoms with Gasteiger partial charge in [-0.3, -0.25) is 4.79 Å². The van der Waals surface area contributed by atoms with Crippen LogP contribution in [0.5, 0.6) is 0 Å². The van der Waals surface area contributed by atoms with Crippen LogP contribution in [-0.4, -0.2) is 35.7 Å². The van der Waals surface area contributed by atoms with Crippen LogP contribution in [-0.2, 0) is 4.79 Å². The Bertz CT molecular complexity index is 428. The van der Waals surface area contributed by atoms with E-state index in [1.807, 2.05) is 44.2 Å². The zero-order valence-corrected chi connectivity index (χ0v) is 14.0. The average Bonchev–Trinajstić information content (AvgIpc) is 2.47. The van der Waals surface area contributed by atoms with Crippen LogP contribution in [0.2, 0.25) is 0 Å². The molecule has 0 aliphatic carbocycles. The lowest BCUT2D eigenvalue weighted by molar-refractivity contribution is -0.135. The summed E-state index contributed by atoms with van der Waals surface area (Å²) in [6, 6.07) is 9.42. The number of carbonyl (C=O) groups excluding carboxylic acids is 1. The highest BCUT2D eigenvalue weighted by Crippen LogP contribution is 2.29. The van der Waals surface area contributed by atoms with Crippen molar-refractivity contribution in [2.24, 2.45) is 5.92 Å². The number of rotatable bonds is 8. The van der Waals surface area contributed by atoms with E-state index in [1.165, 1.54) is 4.90 Å². The summed E-state index contributed by atoms with van der Waals surface area (Å²) >= 11 is 3.23. The Morgan fingerprint density at radius 1 is 1.29 bits per heavy atom. The number of hydrogen-bond acceptors (Lipinski definition) is 1. The van der Waals surface area contributed by atoms with Gasteiger partial charge >= 0.3 is 0 Å². The molecule has 2 atom stereocenters. The third-order valence-corrected chi connectivity index (χ3v) is 4.02. The van der Waals surface area contributed by atoms with Crippen molar-refractivity contribution in [2.75, 3.05) is 18.4 Å². The maximum absolute atomic E-state index is 12.7. The Hall–Kier alpha value is -0.970. The van der Waals surface area contributed by atoms with Gasteiger partial charge in [0.15, 0.2) is 0 Å². The molecule has 21 heavy (non-hydrogen) atoms. The molecule has 0 aromatic heterocycles. The van der Waals surface area contributed by atoms with E-state index in [9.17, 15) is 13.6 Å². The molecule has 0 heterocycles. The van der Waals surface area contributed by atoms with Gasteiger partial charge in [0.25, 0.3) is 6.43 Å². The van der Waals surface area contributed by atoms with Crippen molar-refractivity contribution in [1.82, 2.24) is 4.90 Å². The number of amides is 1. The molecule has 2 unspecified atom stereocenters. The fourth-order valence-electron chi connectivity index (χ4n) is 2.37. The fraction of sp³-hybridized carbons (Fsp3) is 0.562. The van der Waals surface area contributed by atoms with Gasteiger partial charge in [-0.2, -0.15) is 0 Å². The first-order chi connectivity index (χ1) is 10.0. The molecule has 2 nitrogen and oxygen atoms in total. The van der Waals surface area contributed by atoms with Gasteiger partial charge in [0, 0.05) is 11.9 Å². The lowest BCUT2D eigenvalue weighted by Gasteiger charge is -2.30. The van der Waals surface area contributed by atoms with E-state index >= 15 is 0 Å². The monoisotopic (exact) mass is 361 g/mol. The Morgan fingerprint density at radius 3 is 2.38 bits per heavy atom. The summed E-state index contributed by atoms with van der Waals surface area (Å²) in [5.74, 6) is -0.473. The predicted octanol–water partition coefficient (Wildman–Crippen LogP) is 4.30. The van der Waals surface area contributed by atoms with Crippen LogP contribution >= 0.6 is 15.9 Å². The third kappa shape index (κ3) is 5.38. The largest absolute Gasteiger partial charge is 0.336 e. The Morgan fingerprint density at radius 2 is 1.90 bits per heavy atom. The summed E-state index contributed by atoms with van der Waals surface area (Å²) < 4.78 is 25.4. The molecular formula is C16H22BrF2NO. The number of alkyl halides is 3. The first-order valence-corrected chi connectivity index (χ1v) is 8.31. The summed E-state index contributed by atoms with van der Waals surface area (Å²) in [6.07, 6.45) is -1.69. The topological polar surface area (TPSA) is 20.3 Å². The number of halogens is 3. The quantitative estimate of drug-likeness (QED) is 0.632. The van der Waals surface area contributed by atoms with Crippen molar-refractivity contribution >= 4 is 21.8 Å². The van der Waals surface area contributed by atoms with Crippen LogP contribution in [0.1, 0.15) is 31.7 Å². The van der Waals surface area contributed by atoms with Crippen LogP contribution in [0.15, 0.2) is 30.3 Å². The molecule has 0 aliphatic rings. The summed E-state index contributed by atoms with van der Waals surface area (Å²) in [5, 5.41) is 0.494. The number of carbonyl (C=O) groups is 1. The molecule has 118 valence electrons. The first-order valence-electron chi connectivity index (χ1n) is 7.19. The van der Waals surface area contributed by atoms with E-state index < -0.39 is 13.0 Å². The zero-order chi connectivity index (χ0) is 15.8. The number of hydrogen-bond donors (Lipinski definition) is 0. The van der Waals surface area contributed by atoms with E-state index in [1.54, 1.807) is 0 Å². The van der Waals surface area contributed by atoms with Gasteiger partial charge in [-0.25, -0.2) is 8.78 Å². The number of benzene rings is 1. The molecule has 5 heteroatoms. The van der Waals surface area contributed by atoms with Crippen LogP contribution in [0, 0.1) is 5.92 Å². The molecule has 1 rings (SSSR count). The highest BCUT2D eigenvalue weighted by atomic mass is 79.9. The van der Waals surface area contributed by atoms with E-state index in [2.05, 4.69) is 15.9 Å². The van der Waals surface area contributed by atoms with Crippen LogP contribution in [0.4, 0.5) is 8.78 Å². The van der Waals surface area contributed by atoms with Crippen molar-refractivity contribution in [3.05, 3.63) is 35.9 Å². The molecule has 0 radical (unpaired) electrons. The molecule has 1 amide bonds. The first kappa shape index (κ1) is 18.1. The van der Waals surface area contributed by atoms with Crippen molar-refractivity contribution in [3.63, 3.8) is 0 Å². The Balaban J connectivity index is 3.03. The van der Waals surface area contributed by atoms with Crippen molar-refractivity contribution in [3.8, 4) is 0 Å². The SMILES string of the molecule is CCC(C)C(C(=O)N(CCBr)CC(F)F)c1ccccc1. The number of nitrogens with zero attached hydrogens (tertiary/aromatic N) is 1. The minimum Gasteiger partial charge on any atom is -0.336 e. The van der Waals surface area contributed by atoms with E-state index in [0.29, 0.717) is 11.9 Å². The van der Waals surface area contributed by atoms with Crippen LogP contribution in [0.3, 0.4) is 0 Å². The molecule has 1 aromatic carbocycles. The Labute approximate surface area is 133 Å². The lowest BCUT2D eigenvalue weighted by atomic mass is 9.84. The zero-order valence-electron chi connectivity index (χ0n) is 12.4. The normalized spacial score (nSPS) is 14.0. The van der Waals surface area contributed by atoms with Gasteiger partial charge in [0.05, 0.1) is 12.5 Å². The second-order valence-electron chi connectivity index (χ2n) is 5.14. The maximum Gasteiger partial charge on any atom is 0.255 e. The van der Waals surface area contributed by atoms with Crippen molar-refractivity contribution in [2.45, 2.75) is 32.6 Å². The van der Waals surface area contributed by atoms with Gasteiger partial charge < -0.3 is 4.90 Å². The van der Waals surface area contributed by atoms with E-state index in [-0.39, 0.29) is 17.7 Å². The molecule has 0 saturated heterocycles. The van der Waals surface area contributed by atoms with Crippen LogP contribution < -0.4 is 0 Å². The minimum absolute atomic E-state index is 0.107. The summed E-state index contributed by atoms with van der Waals surface area (Å²) in [4.78, 5) is 14.0. The molecule has 0 bridgehead atoms. The second kappa shape index (κ2) is 9.13. The molecular weight excluding hydrogens is 340 g/mol. The third-order valence-electron chi connectivity index (χ3n) is 3.66. The van der Waals surface area contributed by atoms with Crippen LogP contribution in [0.25, 0.3) is 0 Å². The highest BCUT2D eigenvalue weighted by Gasteiger charge is 2.30. The molecule has 0 saturated carbocycles. The molecule has 0 fully saturated rings. The predicted molar refractivity (Wildman–Crippen MR) is 85.0 cm³/mol. The van der Waals surface area contributed by atoms with E-state index in [4.69, 9.17) is 0 Å². The molecule has 0 aliphatic heterocycles. The van der Waals surface area contributed by atoms with Crippen molar-refractivity contribution < 1.29 is 13.6 Å². The van der Waals surface area contributed by atoms with Crippen molar-refractivity contribution in [1.29, 1.82) is 0 Å². The molecule has 1 aromatic rings. The summed E-state index contributed by atoms with van der Waals surface area (Å²) in [7, 11) is 0. The van der Waals surface area contributed by atoms with E-state index in [0.717, 1.165) is 12.0 Å². The van der Waals surface area contributed by atoms with Gasteiger partial charge in [-0.15, -0.1) is 0 Å². The van der Waals surface area contributed by atoms with Gasteiger partial charge in [-0.1, -0.05) is 66.5 Å². The smallest absolute Gasteiger partial charge is 0.255 e. The molecule has 0 spiro atoms. The fourth-order valence-corrected chi connectivity index (χ4v) is 2.80. The molecule has 0 N–H and O–H groups in total. The highest BCUT2D eigenvalue weighted by molar-refractivity contribution is 9.09. The van der Waals surface area contributed by atoms with Gasteiger partial charge in [0.1, 0.15) is 0 Å². The van der Waals surface area contributed by atoms with Gasteiger partial charge in [0.2, 0.25) is 5.91 Å². The lowest BCUT2D eigenvalue weighted by Crippen LogP contribution is -2.41. The standard InChI is InChI=1S/C16H22BrF2NO/c1-3-12(2)15(13-7-5-4-6-8-13)16(21)20(10-9-17)11-14(18)19/h4-8,12,14-15H,3,9-11H2,1-2H3. The minimum atomic E-state index is -2.51. The maximum atomic E-state index is 12.7. The van der Waals surface area contributed by atoms with Gasteiger partial charge in [-0.05, 0) is 11.5 Å². The summed E-state index contributed by atoms with van der Waals surface area (Å²) in [5.41, 5.74) is 0.894. The second-order valence-corrected chi connectivity index (χ2v) is 5.93. The average molecular weight is 362 g/mol. The summed E-state index contributed by atoms with van der Waals surface area (Å²) in [6.45, 7) is 3.78. The Kier molecular flexibility index (Phi) is 7.86.